The van der Waals surface area contributed by atoms with E-state index in [4.69, 9.17) is 5.73 Å². The van der Waals surface area contributed by atoms with Crippen LogP contribution in [0.25, 0.3) is 0 Å². The molecule has 160 valence electrons. The molecular weight excluding hydrogens is 403 g/mol. The second kappa shape index (κ2) is 7.37. The van der Waals surface area contributed by atoms with Crippen molar-refractivity contribution in [3.63, 3.8) is 0 Å². The van der Waals surface area contributed by atoms with Crippen LogP contribution in [0.1, 0.15) is 69.2 Å². The molecule has 2 N–H and O–H groups in total. The summed E-state index contributed by atoms with van der Waals surface area (Å²) in [6, 6.07) is 0. The lowest BCUT2D eigenvalue weighted by molar-refractivity contribution is -0.142. The van der Waals surface area contributed by atoms with Gasteiger partial charge in [0.25, 0.3) is 5.91 Å². The summed E-state index contributed by atoms with van der Waals surface area (Å²) in [6.07, 6.45) is -2.02. The number of hydrogen-bond donors (Lipinski definition) is 1. The van der Waals surface area contributed by atoms with Gasteiger partial charge in [0.2, 0.25) is 0 Å². The first-order valence-corrected chi connectivity index (χ1v) is 9.77. The highest BCUT2D eigenvalue weighted by Crippen LogP contribution is 2.36. The van der Waals surface area contributed by atoms with Crippen molar-refractivity contribution >= 4 is 17.5 Å². The summed E-state index contributed by atoms with van der Waals surface area (Å²) in [4.78, 5) is 36.8. The molecule has 2 aromatic rings. The Kier molecular flexibility index (Phi) is 4.99. The third kappa shape index (κ3) is 3.52. The Morgan fingerprint density at radius 1 is 1.07 bits per heavy atom. The summed E-state index contributed by atoms with van der Waals surface area (Å²) in [5.41, 5.74) is 5.17. The van der Waals surface area contributed by atoms with Crippen molar-refractivity contribution in [1.82, 2.24) is 19.6 Å². The second-order valence-electron chi connectivity index (χ2n) is 7.64. The number of rotatable bonds is 5. The number of nitrogens with two attached hydrogens (primary N) is 1. The quantitative estimate of drug-likeness (QED) is 0.789. The average Bonchev–Trinajstić information content (AvgIpc) is 3.22. The molecule has 4 rings (SSSR count). The first-order chi connectivity index (χ1) is 14.2. The van der Waals surface area contributed by atoms with Crippen molar-refractivity contribution in [3.05, 3.63) is 33.9 Å². The summed E-state index contributed by atoms with van der Waals surface area (Å²) in [5.74, 6) is -1.57. The van der Waals surface area contributed by atoms with E-state index in [2.05, 4.69) is 10.2 Å². The van der Waals surface area contributed by atoms with Crippen molar-refractivity contribution in [3.8, 4) is 0 Å². The summed E-state index contributed by atoms with van der Waals surface area (Å²) >= 11 is 0. The van der Waals surface area contributed by atoms with Crippen LogP contribution >= 0.6 is 0 Å². The van der Waals surface area contributed by atoms with E-state index in [1.807, 2.05) is 0 Å². The van der Waals surface area contributed by atoms with Crippen LogP contribution in [0.4, 0.5) is 13.2 Å². The van der Waals surface area contributed by atoms with Gasteiger partial charge in [-0.25, -0.2) is 0 Å². The van der Waals surface area contributed by atoms with Gasteiger partial charge in [-0.2, -0.15) is 23.4 Å². The maximum absolute atomic E-state index is 13.3. The molecule has 30 heavy (non-hydrogen) atoms. The van der Waals surface area contributed by atoms with Gasteiger partial charge in [0.05, 0.1) is 0 Å². The van der Waals surface area contributed by atoms with E-state index in [9.17, 15) is 27.6 Å². The number of halogens is 3. The fraction of sp³-hybridized carbons (Fsp3) is 0.526. The molecule has 0 spiro atoms. The average molecular weight is 423 g/mol. The van der Waals surface area contributed by atoms with Crippen LogP contribution in [-0.2, 0) is 43.3 Å². The number of aromatic nitrogens is 4. The van der Waals surface area contributed by atoms with Crippen molar-refractivity contribution in [2.75, 3.05) is 0 Å². The fourth-order valence-corrected chi connectivity index (χ4v) is 4.30. The van der Waals surface area contributed by atoms with Gasteiger partial charge in [-0.15, -0.1) is 0 Å². The normalized spacial score (nSPS) is 16.3. The number of alkyl halides is 3. The molecule has 0 atom stereocenters. The third-order valence-electron chi connectivity index (χ3n) is 5.55. The van der Waals surface area contributed by atoms with Gasteiger partial charge in [0.1, 0.15) is 12.2 Å². The fourth-order valence-electron chi connectivity index (χ4n) is 4.30. The lowest BCUT2D eigenvalue weighted by Gasteiger charge is -2.15. The zero-order valence-corrected chi connectivity index (χ0v) is 16.1. The van der Waals surface area contributed by atoms with Crippen LogP contribution in [0.5, 0.6) is 0 Å². The molecule has 2 aromatic heterocycles. The minimum Gasteiger partial charge on any atom is -0.364 e. The van der Waals surface area contributed by atoms with E-state index < -0.39 is 23.6 Å². The minimum absolute atomic E-state index is 0.146. The Morgan fingerprint density at radius 2 is 1.80 bits per heavy atom. The molecule has 0 bridgehead atoms. The van der Waals surface area contributed by atoms with E-state index >= 15 is 0 Å². The predicted octanol–water partition coefficient (Wildman–Crippen LogP) is 1.86. The molecule has 0 saturated heterocycles. The molecule has 0 aromatic carbocycles. The SMILES string of the molecule is NC(=O)c1nn2c(c1CC(=O)Cn1nc(C(F)(F)F)c3c1CCCC3)C(=O)CCC2. The molecular formula is C19H20F3N5O3. The van der Waals surface area contributed by atoms with Crippen molar-refractivity contribution < 1.29 is 27.6 Å². The first kappa shape index (κ1) is 20.3. The van der Waals surface area contributed by atoms with Crippen molar-refractivity contribution in [2.24, 2.45) is 5.73 Å². The molecule has 0 fully saturated rings. The molecule has 0 radical (unpaired) electrons. The number of fused-ring (bicyclic) bond motifs is 2. The van der Waals surface area contributed by atoms with Crippen LogP contribution in [0.2, 0.25) is 0 Å². The Morgan fingerprint density at radius 3 is 2.50 bits per heavy atom. The van der Waals surface area contributed by atoms with E-state index in [-0.39, 0.29) is 54.1 Å². The summed E-state index contributed by atoms with van der Waals surface area (Å²) < 4.78 is 42.5. The van der Waals surface area contributed by atoms with Crippen LogP contribution in [0, 0.1) is 0 Å². The summed E-state index contributed by atoms with van der Waals surface area (Å²) in [7, 11) is 0. The number of Topliss-reactive ketones (excluding diaryl/α,β-unsaturated/α-hetero) is 2. The van der Waals surface area contributed by atoms with Crippen molar-refractivity contribution in [1.29, 1.82) is 0 Å². The summed E-state index contributed by atoms with van der Waals surface area (Å²) in [6.45, 7) is 0.0482. The number of primary amides is 1. The van der Waals surface area contributed by atoms with E-state index in [1.165, 1.54) is 4.68 Å². The molecule has 0 saturated carbocycles. The maximum Gasteiger partial charge on any atom is 0.435 e. The largest absolute Gasteiger partial charge is 0.435 e. The molecule has 1 aliphatic carbocycles. The van der Waals surface area contributed by atoms with Crippen LogP contribution in [-0.4, -0.2) is 37.0 Å². The van der Waals surface area contributed by atoms with Gasteiger partial charge in [0.15, 0.2) is 23.0 Å². The molecule has 2 aliphatic rings. The smallest absolute Gasteiger partial charge is 0.364 e. The molecule has 0 unspecified atom stereocenters. The lowest BCUT2D eigenvalue weighted by atomic mass is 9.95. The standard InChI is InChI=1S/C19H20F3N5O3/c20-19(21,22)17-11-4-1-2-5-13(11)27(25-17)9-10(28)8-12-15(18(23)30)24-26-7-3-6-14(29)16(12)26/h1-9H2,(H2,23,30). The molecule has 11 heteroatoms. The predicted molar refractivity (Wildman–Crippen MR) is 96.9 cm³/mol. The molecule has 8 nitrogen and oxygen atoms in total. The van der Waals surface area contributed by atoms with Gasteiger partial charge in [-0.1, -0.05) is 0 Å². The Hall–Kier alpha value is -2.98. The monoisotopic (exact) mass is 423 g/mol. The van der Waals surface area contributed by atoms with Crippen LogP contribution in [0.3, 0.4) is 0 Å². The Bertz CT molecular complexity index is 1050. The number of carbonyl (C=O) groups is 3. The highest BCUT2D eigenvalue weighted by atomic mass is 19.4. The number of nitrogens with zero attached hydrogens (tertiary/aromatic N) is 4. The second-order valence-corrected chi connectivity index (χ2v) is 7.64. The number of ketones is 2. The van der Waals surface area contributed by atoms with E-state index in [1.54, 1.807) is 0 Å². The topological polar surface area (TPSA) is 113 Å². The maximum atomic E-state index is 13.3. The number of carbonyl (C=O) groups excluding carboxylic acids is 3. The van der Waals surface area contributed by atoms with Gasteiger partial charge >= 0.3 is 6.18 Å². The van der Waals surface area contributed by atoms with E-state index in [0.29, 0.717) is 31.5 Å². The highest BCUT2D eigenvalue weighted by Gasteiger charge is 2.39. The zero-order chi connectivity index (χ0) is 21.6. The molecule has 1 amide bonds. The minimum atomic E-state index is -4.59. The van der Waals surface area contributed by atoms with Crippen molar-refractivity contribution in [2.45, 2.75) is 64.2 Å². The van der Waals surface area contributed by atoms with Gasteiger partial charge in [-0.3, -0.25) is 23.7 Å². The number of amides is 1. The van der Waals surface area contributed by atoms with Crippen LogP contribution < -0.4 is 5.73 Å². The third-order valence-corrected chi connectivity index (χ3v) is 5.55. The molecule has 3 heterocycles. The Balaban J connectivity index is 1.64. The number of aryl methyl sites for hydroxylation is 1. The van der Waals surface area contributed by atoms with Gasteiger partial charge < -0.3 is 5.73 Å². The van der Waals surface area contributed by atoms with Gasteiger partial charge in [-0.05, 0) is 32.1 Å². The van der Waals surface area contributed by atoms with Gasteiger partial charge in [0, 0.05) is 36.2 Å². The molecule has 1 aliphatic heterocycles. The zero-order valence-electron chi connectivity index (χ0n) is 16.1. The lowest BCUT2D eigenvalue weighted by Crippen LogP contribution is -2.22. The first-order valence-electron chi connectivity index (χ1n) is 9.77. The summed E-state index contributed by atoms with van der Waals surface area (Å²) in [5, 5.41) is 7.75. The Labute approximate surface area is 169 Å². The number of hydrogen-bond acceptors (Lipinski definition) is 5. The van der Waals surface area contributed by atoms with E-state index in [0.717, 1.165) is 11.1 Å². The highest BCUT2D eigenvalue weighted by molar-refractivity contribution is 6.02. The van der Waals surface area contributed by atoms with Crippen LogP contribution in [0.15, 0.2) is 0 Å².